The van der Waals surface area contributed by atoms with Gasteiger partial charge in [-0.05, 0) is 29.8 Å². The zero-order valence-corrected chi connectivity index (χ0v) is 12.8. The molecule has 0 saturated carbocycles. The molecule has 0 unspecified atom stereocenters. The van der Waals surface area contributed by atoms with Gasteiger partial charge in [0.05, 0.1) is 14.2 Å². The van der Waals surface area contributed by atoms with Crippen LogP contribution in [0.25, 0.3) is 20.9 Å². The van der Waals surface area contributed by atoms with E-state index in [0.717, 1.165) is 17.1 Å². The van der Waals surface area contributed by atoms with Crippen molar-refractivity contribution in [2.24, 2.45) is 0 Å². The fraction of sp³-hybridized carbons (Fsp3) is 0.111. The van der Waals surface area contributed by atoms with Crippen molar-refractivity contribution in [3.63, 3.8) is 0 Å². The normalized spacial score (nSPS) is 10.4. The smallest absolute Gasteiger partial charge is 0.131 e. The van der Waals surface area contributed by atoms with Gasteiger partial charge in [-0.1, -0.05) is 30.3 Å². The summed E-state index contributed by atoms with van der Waals surface area (Å²) < 4.78 is 10.7. The van der Waals surface area contributed by atoms with Crippen LogP contribution in [0.4, 0.5) is 0 Å². The number of hydrogen-bond donors (Lipinski definition) is 0. The molecule has 0 bridgehead atoms. The molecular weight excluding hydrogens is 280 g/mol. The van der Waals surface area contributed by atoms with Gasteiger partial charge in [0, 0.05) is 21.4 Å². The van der Waals surface area contributed by atoms with Crippen LogP contribution >= 0.6 is 11.3 Å². The minimum atomic E-state index is 0.801. The van der Waals surface area contributed by atoms with Gasteiger partial charge in [-0.15, -0.1) is 11.3 Å². The summed E-state index contributed by atoms with van der Waals surface area (Å²) in [6.07, 6.45) is 0. The van der Waals surface area contributed by atoms with E-state index in [1.54, 1.807) is 25.6 Å². The van der Waals surface area contributed by atoms with Crippen LogP contribution in [0, 0.1) is 0 Å². The highest BCUT2D eigenvalue weighted by Crippen LogP contribution is 2.39. The SMILES string of the molecule is COc1ccc(-c2ccc(-c3ccccc3)s2)c(OC)c1. The number of thiophene rings is 1. The summed E-state index contributed by atoms with van der Waals surface area (Å²) in [4.78, 5) is 2.44. The number of rotatable bonds is 4. The fourth-order valence-electron chi connectivity index (χ4n) is 2.24. The van der Waals surface area contributed by atoms with Crippen LogP contribution in [-0.4, -0.2) is 14.2 Å². The van der Waals surface area contributed by atoms with E-state index in [1.165, 1.54) is 15.3 Å². The predicted molar refractivity (Wildman–Crippen MR) is 88.3 cm³/mol. The van der Waals surface area contributed by atoms with Crippen LogP contribution in [0.2, 0.25) is 0 Å². The van der Waals surface area contributed by atoms with Crippen molar-refractivity contribution in [2.75, 3.05) is 14.2 Å². The average molecular weight is 296 g/mol. The summed E-state index contributed by atoms with van der Waals surface area (Å²) in [5.41, 5.74) is 2.33. The summed E-state index contributed by atoms with van der Waals surface area (Å²) in [6.45, 7) is 0. The number of methoxy groups -OCH3 is 2. The first-order valence-electron chi connectivity index (χ1n) is 6.69. The van der Waals surface area contributed by atoms with E-state index in [9.17, 15) is 0 Å². The second-order valence-corrected chi connectivity index (χ2v) is 5.68. The van der Waals surface area contributed by atoms with Crippen molar-refractivity contribution >= 4 is 11.3 Å². The third-order valence-electron chi connectivity index (χ3n) is 3.34. The summed E-state index contributed by atoms with van der Waals surface area (Å²) in [5, 5.41) is 0. The molecule has 0 aliphatic rings. The van der Waals surface area contributed by atoms with Crippen molar-refractivity contribution in [3.8, 4) is 32.4 Å². The molecule has 0 radical (unpaired) electrons. The lowest BCUT2D eigenvalue weighted by molar-refractivity contribution is 0.395. The van der Waals surface area contributed by atoms with Gasteiger partial charge < -0.3 is 9.47 Å². The maximum absolute atomic E-state index is 5.48. The predicted octanol–water partition coefficient (Wildman–Crippen LogP) is 5.10. The lowest BCUT2D eigenvalue weighted by atomic mass is 10.1. The van der Waals surface area contributed by atoms with Crippen molar-refractivity contribution in [2.45, 2.75) is 0 Å². The van der Waals surface area contributed by atoms with E-state index in [-0.39, 0.29) is 0 Å². The largest absolute Gasteiger partial charge is 0.497 e. The molecule has 0 atom stereocenters. The molecule has 21 heavy (non-hydrogen) atoms. The Kier molecular flexibility index (Phi) is 3.93. The van der Waals surface area contributed by atoms with Gasteiger partial charge >= 0.3 is 0 Å². The summed E-state index contributed by atoms with van der Waals surface area (Å²) in [6, 6.07) is 20.6. The highest BCUT2D eigenvalue weighted by molar-refractivity contribution is 7.18. The topological polar surface area (TPSA) is 18.5 Å². The van der Waals surface area contributed by atoms with Crippen LogP contribution in [0.3, 0.4) is 0 Å². The summed E-state index contributed by atoms with van der Waals surface area (Å²) in [5.74, 6) is 1.63. The van der Waals surface area contributed by atoms with E-state index in [4.69, 9.17) is 9.47 Å². The van der Waals surface area contributed by atoms with Crippen molar-refractivity contribution in [1.82, 2.24) is 0 Å². The molecule has 106 valence electrons. The Hall–Kier alpha value is -2.26. The van der Waals surface area contributed by atoms with Crippen LogP contribution in [0.15, 0.2) is 60.7 Å². The molecule has 3 aromatic rings. The number of ether oxygens (including phenoxy) is 2. The first-order chi connectivity index (χ1) is 10.3. The van der Waals surface area contributed by atoms with E-state index in [2.05, 4.69) is 36.4 Å². The molecule has 1 aromatic heterocycles. The molecule has 3 heteroatoms. The highest BCUT2D eigenvalue weighted by atomic mass is 32.1. The van der Waals surface area contributed by atoms with Gasteiger partial charge in [-0.3, -0.25) is 0 Å². The Labute approximate surface area is 128 Å². The maximum Gasteiger partial charge on any atom is 0.131 e. The van der Waals surface area contributed by atoms with Gasteiger partial charge in [0.2, 0.25) is 0 Å². The number of hydrogen-bond acceptors (Lipinski definition) is 3. The molecule has 0 amide bonds. The minimum absolute atomic E-state index is 0.801. The third-order valence-corrected chi connectivity index (χ3v) is 4.51. The van der Waals surface area contributed by atoms with Crippen LogP contribution in [0.5, 0.6) is 11.5 Å². The molecule has 0 spiro atoms. The van der Waals surface area contributed by atoms with Gasteiger partial charge in [0.1, 0.15) is 11.5 Å². The van der Waals surface area contributed by atoms with Gasteiger partial charge in [-0.25, -0.2) is 0 Å². The van der Waals surface area contributed by atoms with Crippen LogP contribution in [-0.2, 0) is 0 Å². The Balaban J connectivity index is 2.00. The van der Waals surface area contributed by atoms with E-state index >= 15 is 0 Å². The Morgan fingerprint density at radius 2 is 1.52 bits per heavy atom. The van der Waals surface area contributed by atoms with Gasteiger partial charge in [0.15, 0.2) is 0 Å². The van der Waals surface area contributed by atoms with Gasteiger partial charge in [-0.2, -0.15) is 0 Å². The molecule has 2 aromatic carbocycles. The Morgan fingerprint density at radius 1 is 0.762 bits per heavy atom. The standard InChI is InChI=1S/C18H16O2S/c1-19-14-8-9-15(16(12-14)20-2)18-11-10-17(21-18)13-6-4-3-5-7-13/h3-12H,1-2H3. The maximum atomic E-state index is 5.48. The van der Waals surface area contributed by atoms with E-state index < -0.39 is 0 Å². The lowest BCUT2D eigenvalue weighted by Crippen LogP contribution is -1.89. The fourth-order valence-corrected chi connectivity index (χ4v) is 3.28. The quantitative estimate of drug-likeness (QED) is 0.667. The van der Waals surface area contributed by atoms with Gasteiger partial charge in [0.25, 0.3) is 0 Å². The molecule has 0 aliphatic carbocycles. The van der Waals surface area contributed by atoms with Crippen LogP contribution in [0.1, 0.15) is 0 Å². The first-order valence-corrected chi connectivity index (χ1v) is 7.51. The highest BCUT2D eigenvalue weighted by Gasteiger charge is 2.10. The third kappa shape index (κ3) is 2.78. The minimum Gasteiger partial charge on any atom is -0.497 e. The van der Waals surface area contributed by atoms with E-state index in [1.807, 2.05) is 24.3 Å². The van der Waals surface area contributed by atoms with Crippen molar-refractivity contribution in [3.05, 3.63) is 60.7 Å². The molecule has 1 heterocycles. The lowest BCUT2D eigenvalue weighted by Gasteiger charge is -2.08. The average Bonchev–Trinajstić information content (AvgIpc) is 3.04. The summed E-state index contributed by atoms with van der Waals surface area (Å²) in [7, 11) is 3.34. The second kappa shape index (κ2) is 6.02. The molecular formula is C18H16O2S. The van der Waals surface area contributed by atoms with Crippen LogP contribution < -0.4 is 9.47 Å². The Bertz CT molecular complexity index is 732. The first kappa shape index (κ1) is 13.7. The molecule has 2 nitrogen and oxygen atoms in total. The van der Waals surface area contributed by atoms with Crippen molar-refractivity contribution < 1.29 is 9.47 Å². The van der Waals surface area contributed by atoms with E-state index in [0.29, 0.717) is 0 Å². The number of benzene rings is 2. The molecule has 0 N–H and O–H groups in total. The molecule has 0 fully saturated rings. The zero-order valence-electron chi connectivity index (χ0n) is 12.0. The summed E-state index contributed by atoms with van der Waals surface area (Å²) >= 11 is 1.76. The van der Waals surface area contributed by atoms with Crippen molar-refractivity contribution in [1.29, 1.82) is 0 Å². The molecule has 3 rings (SSSR count). The zero-order chi connectivity index (χ0) is 14.7. The monoisotopic (exact) mass is 296 g/mol. The molecule has 0 aliphatic heterocycles. The Morgan fingerprint density at radius 3 is 2.24 bits per heavy atom. The second-order valence-electron chi connectivity index (χ2n) is 4.60. The molecule has 0 saturated heterocycles.